The summed E-state index contributed by atoms with van der Waals surface area (Å²) in [6.45, 7) is 8.53. The lowest BCUT2D eigenvalue weighted by Crippen LogP contribution is -2.28. The van der Waals surface area contributed by atoms with Gasteiger partial charge in [0, 0.05) is 25.5 Å². The van der Waals surface area contributed by atoms with Gasteiger partial charge in [-0.15, -0.1) is 0 Å². The zero-order chi connectivity index (χ0) is 17.4. The average Bonchev–Trinajstić information content (AvgIpc) is 3.11. The van der Waals surface area contributed by atoms with Gasteiger partial charge in [0.05, 0.1) is 28.4 Å². The third kappa shape index (κ3) is 2.66. The van der Waals surface area contributed by atoms with Gasteiger partial charge in [-0.05, 0) is 39.8 Å². The molecule has 0 aliphatic heterocycles. The van der Waals surface area contributed by atoms with Gasteiger partial charge in [-0.1, -0.05) is 0 Å². The first-order valence-electron chi connectivity index (χ1n) is 8.05. The predicted molar refractivity (Wildman–Crippen MR) is 91.8 cm³/mol. The lowest BCUT2D eigenvalue weighted by molar-refractivity contribution is 0.0939. The summed E-state index contributed by atoms with van der Waals surface area (Å²) in [7, 11) is 1.84. The third-order valence-corrected chi connectivity index (χ3v) is 4.18. The quantitative estimate of drug-likeness (QED) is 0.798. The fourth-order valence-electron chi connectivity index (χ4n) is 3.07. The summed E-state index contributed by atoms with van der Waals surface area (Å²) in [5.74, 6) is -0.127. The molecule has 3 heterocycles. The Morgan fingerprint density at radius 3 is 2.83 bits per heavy atom. The van der Waals surface area contributed by atoms with Crippen molar-refractivity contribution in [1.29, 1.82) is 0 Å². The van der Waals surface area contributed by atoms with E-state index in [1.54, 1.807) is 10.9 Å². The molecule has 0 bridgehead atoms. The van der Waals surface area contributed by atoms with E-state index in [4.69, 9.17) is 0 Å². The number of rotatable bonds is 4. The lowest BCUT2D eigenvalue weighted by Gasteiger charge is -2.16. The maximum absolute atomic E-state index is 12.9. The SMILES string of the molecule is CCn1nccc1C(C)NC(=O)c1cc(C)nc2c1c(C)nn2C. The van der Waals surface area contributed by atoms with Crippen molar-refractivity contribution in [2.45, 2.75) is 40.3 Å². The number of hydrogen-bond donors (Lipinski definition) is 1. The van der Waals surface area contributed by atoms with Crippen molar-refractivity contribution in [3.63, 3.8) is 0 Å². The van der Waals surface area contributed by atoms with Gasteiger partial charge in [0.15, 0.2) is 5.65 Å². The number of hydrogen-bond acceptors (Lipinski definition) is 4. The molecular formula is C17H22N6O. The van der Waals surface area contributed by atoms with Crippen LogP contribution >= 0.6 is 0 Å². The number of nitrogens with zero attached hydrogens (tertiary/aromatic N) is 5. The molecule has 0 spiro atoms. The average molecular weight is 326 g/mol. The molecule has 0 aliphatic carbocycles. The first-order valence-corrected chi connectivity index (χ1v) is 8.05. The molecule has 7 heteroatoms. The molecule has 3 rings (SSSR count). The highest BCUT2D eigenvalue weighted by molar-refractivity contribution is 6.06. The van der Waals surface area contributed by atoms with Crippen LogP contribution in [0.1, 0.15) is 47.3 Å². The van der Waals surface area contributed by atoms with Crippen LogP contribution in [0.5, 0.6) is 0 Å². The standard InChI is InChI=1S/C17H22N6O/c1-6-23-14(7-8-18-23)11(3)20-17(24)13-9-10(2)19-16-15(13)12(4)21-22(16)5/h7-9,11H,6H2,1-5H3,(H,20,24). The van der Waals surface area contributed by atoms with Crippen molar-refractivity contribution in [3.05, 3.63) is 41.0 Å². The Balaban J connectivity index is 1.97. The normalized spacial score (nSPS) is 12.5. The topological polar surface area (TPSA) is 77.6 Å². The fourth-order valence-corrected chi connectivity index (χ4v) is 3.07. The zero-order valence-electron chi connectivity index (χ0n) is 14.7. The zero-order valence-corrected chi connectivity index (χ0v) is 14.7. The number of carbonyl (C=O) groups is 1. The van der Waals surface area contributed by atoms with Crippen LogP contribution < -0.4 is 5.32 Å². The van der Waals surface area contributed by atoms with Crippen LogP contribution in [0.4, 0.5) is 0 Å². The van der Waals surface area contributed by atoms with E-state index in [0.717, 1.165) is 34.7 Å². The first kappa shape index (κ1) is 16.2. The largest absolute Gasteiger partial charge is 0.344 e. The van der Waals surface area contributed by atoms with Crippen molar-refractivity contribution in [2.75, 3.05) is 0 Å². The van der Waals surface area contributed by atoms with Crippen molar-refractivity contribution in [2.24, 2.45) is 7.05 Å². The van der Waals surface area contributed by atoms with E-state index < -0.39 is 0 Å². The second-order valence-corrected chi connectivity index (χ2v) is 5.99. The molecule has 0 fully saturated rings. The van der Waals surface area contributed by atoms with Gasteiger partial charge in [-0.3, -0.25) is 14.2 Å². The fraction of sp³-hybridized carbons (Fsp3) is 0.412. The van der Waals surface area contributed by atoms with Crippen molar-refractivity contribution in [3.8, 4) is 0 Å². The van der Waals surface area contributed by atoms with Gasteiger partial charge in [-0.25, -0.2) is 4.98 Å². The highest BCUT2D eigenvalue weighted by Crippen LogP contribution is 2.22. The van der Waals surface area contributed by atoms with Crippen LogP contribution in [-0.4, -0.2) is 30.5 Å². The van der Waals surface area contributed by atoms with Gasteiger partial charge in [0.1, 0.15) is 0 Å². The number of pyridine rings is 1. The van der Waals surface area contributed by atoms with E-state index in [9.17, 15) is 4.79 Å². The lowest BCUT2D eigenvalue weighted by atomic mass is 10.1. The van der Waals surface area contributed by atoms with Gasteiger partial charge in [-0.2, -0.15) is 10.2 Å². The smallest absolute Gasteiger partial charge is 0.252 e. The van der Waals surface area contributed by atoms with Gasteiger partial charge in [0.25, 0.3) is 5.91 Å². The third-order valence-electron chi connectivity index (χ3n) is 4.18. The molecule has 1 amide bonds. The van der Waals surface area contributed by atoms with Crippen LogP contribution in [0.25, 0.3) is 11.0 Å². The molecule has 126 valence electrons. The summed E-state index contributed by atoms with van der Waals surface area (Å²) < 4.78 is 3.59. The Labute approximate surface area is 140 Å². The summed E-state index contributed by atoms with van der Waals surface area (Å²) in [5, 5.41) is 12.5. The molecule has 0 saturated heterocycles. The number of fused-ring (bicyclic) bond motifs is 1. The highest BCUT2D eigenvalue weighted by atomic mass is 16.1. The molecule has 1 atom stereocenters. The Kier molecular flexibility index (Phi) is 4.09. The molecular weight excluding hydrogens is 304 g/mol. The molecule has 0 radical (unpaired) electrons. The minimum atomic E-state index is -0.138. The van der Waals surface area contributed by atoms with Crippen molar-refractivity contribution < 1.29 is 4.79 Å². The van der Waals surface area contributed by atoms with Crippen molar-refractivity contribution >= 4 is 16.9 Å². The maximum Gasteiger partial charge on any atom is 0.252 e. The molecule has 7 nitrogen and oxygen atoms in total. The highest BCUT2D eigenvalue weighted by Gasteiger charge is 2.20. The molecule has 1 unspecified atom stereocenters. The molecule has 0 aromatic carbocycles. The minimum Gasteiger partial charge on any atom is -0.344 e. The predicted octanol–water partition coefficient (Wildman–Crippen LogP) is 2.29. The van der Waals surface area contributed by atoms with E-state index in [-0.39, 0.29) is 11.9 Å². The van der Waals surface area contributed by atoms with Gasteiger partial charge in [0.2, 0.25) is 0 Å². The minimum absolute atomic E-state index is 0.127. The number of aromatic nitrogens is 5. The van der Waals surface area contributed by atoms with Gasteiger partial charge < -0.3 is 5.32 Å². The molecule has 3 aromatic rings. The Morgan fingerprint density at radius 2 is 2.12 bits per heavy atom. The summed E-state index contributed by atoms with van der Waals surface area (Å²) in [6, 6.07) is 3.60. The molecule has 1 N–H and O–H groups in total. The Bertz CT molecular complexity index is 907. The van der Waals surface area contributed by atoms with Crippen LogP contribution in [-0.2, 0) is 13.6 Å². The van der Waals surface area contributed by atoms with E-state index in [0.29, 0.717) is 5.56 Å². The van der Waals surface area contributed by atoms with Crippen molar-refractivity contribution in [1.82, 2.24) is 29.9 Å². The summed E-state index contributed by atoms with van der Waals surface area (Å²) >= 11 is 0. The number of nitrogens with one attached hydrogen (secondary N) is 1. The van der Waals surface area contributed by atoms with Crippen LogP contribution in [0.2, 0.25) is 0 Å². The number of amides is 1. The Morgan fingerprint density at radius 1 is 1.38 bits per heavy atom. The van der Waals surface area contributed by atoms with E-state index in [1.165, 1.54) is 0 Å². The summed E-state index contributed by atoms with van der Waals surface area (Å²) in [4.78, 5) is 17.4. The van der Waals surface area contributed by atoms with Crippen LogP contribution in [0.15, 0.2) is 18.3 Å². The van der Waals surface area contributed by atoms with Crippen LogP contribution in [0.3, 0.4) is 0 Å². The van der Waals surface area contributed by atoms with E-state index >= 15 is 0 Å². The maximum atomic E-state index is 12.9. The van der Waals surface area contributed by atoms with E-state index in [1.807, 2.05) is 51.6 Å². The molecule has 0 aliphatic rings. The summed E-state index contributed by atoms with van der Waals surface area (Å²) in [6.07, 6.45) is 1.75. The molecule has 24 heavy (non-hydrogen) atoms. The number of carbonyl (C=O) groups excluding carboxylic acids is 1. The van der Waals surface area contributed by atoms with Crippen LogP contribution in [0, 0.1) is 13.8 Å². The summed E-state index contributed by atoms with van der Waals surface area (Å²) in [5.41, 5.74) is 3.91. The monoisotopic (exact) mass is 326 g/mol. The first-order chi connectivity index (χ1) is 11.4. The number of aryl methyl sites for hydroxylation is 4. The molecule has 0 saturated carbocycles. The van der Waals surface area contributed by atoms with Gasteiger partial charge >= 0.3 is 0 Å². The molecule has 3 aromatic heterocycles. The van der Waals surface area contributed by atoms with E-state index in [2.05, 4.69) is 20.5 Å². The second kappa shape index (κ2) is 6.07. The second-order valence-electron chi connectivity index (χ2n) is 5.99. The Hall–Kier alpha value is -2.70.